The van der Waals surface area contributed by atoms with Gasteiger partial charge in [-0.05, 0) is 12.0 Å². The zero-order valence-corrected chi connectivity index (χ0v) is 9.64. The van der Waals surface area contributed by atoms with E-state index >= 15 is 0 Å². The molecule has 0 aliphatic rings. The molecule has 0 fully saturated rings. The first kappa shape index (κ1) is 12.9. The van der Waals surface area contributed by atoms with Crippen LogP contribution >= 0.6 is 0 Å². The minimum atomic E-state index is -0.534. The Hall–Kier alpha value is -2.18. The highest BCUT2D eigenvalue weighted by Gasteiger charge is 2.06. The van der Waals surface area contributed by atoms with E-state index in [1.165, 1.54) is 12.1 Å². The largest absolute Gasteiger partial charge is 0.287 e. The second-order valence-corrected chi connectivity index (χ2v) is 3.93. The van der Waals surface area contributed by atoms with Crippen LogP contribution in [0.4, 0.5) is 11.5 Å². The van der Waals surface area contributed by atoms with Crippen molar-refractivity contribution in [3.05, 3.63) is 28.4 Å². The fourth-order valence-electron chi connectivity index (χ4n) is 1.12. The number of hydrogen-bond donors (Lipinski definition) is 2. The number of amides is 1. The van der Waals surface area contributed by atoms with Crippen molar-refractivity contribution in [3.8, 4) is 0 Å². The molecule has 0 aliphatic carbocycles. The lowest BCUT2D eigenvalue weighted by Gasteiger charge is -2.08. The SMILES string of the molecule is CC(C)CC(=O)NNc1ccc([N+](=O)[O-])cn1. The molecular weight excluding hydrogens is 224 g/mol. The first-order valence-corrected chi connectivity index (χ1v) is 5.14. The maximum absolute atomic E-state index is 11.3. The highest BCUT2D eigenvalue weighted by atomic mass is 16.6. The molecule has 0 bridgehead atoms. The predicted octanol–water partition coefficient (Wildman–Crippen LogP) is 1.48. The van der Waals surface area contributed by atoms with Gasteiger partial charge in [-0.1, -0.05) is 13.8 Å². The zero-order valence-electron chi connectivity index (χ0n) is 9.64. The molecule has 1 aromatic heterocycles. The molecular formula is C10H14N4O3. The van der Waals surface area contributed by atoms with E-state index in [9.17, 15) is 14.9 Å². The number of nitrogens with zero attached hydrogens (tertiary/aromatic N) is 2. The van der Waals surface area contributed by atoms with E-state index in [-0.39, 0.29) is 17.5 Å². The molecule has 0 saturated carbocycles. The first-order valence-electron chi connectivity index (χ1n) is 5.14. The number of nitro groups is 1. The van der Waals surface area contributed by atoms with Crippen LogP contribution in [0, 0.1) is 16.0 Å². The molecule has 0 radical (unpaired) electrons. The number of pyridine rings is 1. The van der Waals surface area contributed by atoms with Crippen LogP contribution < -0.4 is 10.9 Å². The molecule has 1 aromatic rings. The smallest absolute Gasteiger partial charge is 0.282 e. The van der Waals surface area contributed by atoms with Crippen LogP contribution in [-0.2, 0) is 4.79 Å². The standard InChI is InChI=1S/C10H14N4O3/c1-7(2)5-10(15)13-12-9-4-3-8(6-11-9)14(16)17/h3-4,6-7H,5H2,1-2H3,(H,11,12)(H,13,15). The average molecular weight is 238 g/mol. The summed E-state index contributed by atoms with van der Waals surface area (Å²) in [6.07, 6.45) is 1.52. The Balaban J connectivity index is 2.47. The number of carbonyl (C=O) groups is 1. The summed E-state index contributed by atoms with van der Waals surface area (Å²) < 4.78 is 0. The Bertz CT molecular complexity index is 403. The van der Waals surface area contributed by atoms with E-state index in [4.69, 9.17) is 0 Å². The lowest BCUT2D eigenvalue weighted by atomic mass is 10.1. The van der Waals surface area contributed by atoms with Gasteiger partial charge in [-0.2, -0.15) is 0 Å². The molecule has 0 saturated heterocycles. The van der Waals surface area contributed by atoms with Gasteiger partial charge in [-0.25, -0.2) is 4.98 Å². The predicted molar refractivity (Wildman–Crippen MR) is 62.1 cm³/mol. The molecule has 0 aromatic carbocycles. The topological polar surface area (TPSA) is 97.2 Å². The Labute approximate surface area is 98.4 Å². The van der Waals surface area contributed by atoms with Gasteiger partial charge in [0.05, 0.1) is 4.92 Å². The summed E-state index contributed by atoms with van der Waals surface area (Å²) >= 11 is 0. The molecule has 0 spiro atoms. The van der Waals surface area contributed by atoms with Gasteiger partial charge in [-0.3, -0.25) is 25.8 Å². The maximum atomic E-state index is 11.3. The Kier molecular flexibility index (Phi) is 4.38. The minimum Gasteiger partial charge on any atom is -0.282 e. The number of carbonyl (C=O) groups excluding carboxylic acids is 1. The van der Waals surface area contributed by atoms with Crippen molar-refractivity contribution in [1.82, 2.24) is 10.4 Å². The summed E-state index contributed by atoms with van der Waals surface area (Å²) in [5.41, 5.74) is 4.95. The van der Waals surface area contributed by atoms with Gasteiger partial charge in [-0.15, -0.1) is 0 Å². The molecule has 17 heavy (non-hydrogen) atoms. The quantitative estimate of drug-likeness (QED) is 0.598. The van der Waals surface area contributed by atoms with E-state index in [2.05, 4.69) is 15.8 Å². The Morgan fingerprint density at radius 2 is 2.24 bits per heavy atom. The fraction of sp³-hybridized carbons (Fsp3) is 0.400. The Morgan fingerprint density at radius 3 is 2.71 bits per heavy atom. The molecule has 7 nitrogen and oxygen atoms in total. The Morgan fingerprint density at radius 1 is 1.53 bits per heavy atom. The van der Waals surface area contributed by atoms with E-state index in [0.29, 0.717) is 12.2 Å². The number of rotatable bonds is 5. The normalized spacial score (nSPS) is 10.1. The van der Waals surface area contributed by atoms with Gasteiger partial charge in [0.2, 0.25) is 5.91 Å². The summed E-state index contributed by atoms with van der Waals surface area (Å²) in [6, 6.07) is 2.73. The van der Waals surface area contributed by atoms with Crippen molar-refractivity contribution in [2.45, 2.75) is 20.3 Å². The third-order valence-corrected chi connectivity index (χ3v) is 1.88. The van der Waals surface area contributed by atoms with Crippen LogP contribution in [0.15, 0.2) is 18.3 Å². The molecule has 7 heteroatoms. The molecule has 1 amide bonds. The van der Waals surface area contributed by atoms with Crippen molar-refractivity contribution >= 4 is 17.4 Å². The lowest BCUT2D eigenvalue weighted by Crippen LogP contribution is -2.30. The van der Waals surface area contributed by atoms with Crippen molar-refractivity contribution in [3.63, 3.8) is 0 Å². The highest BCUT2D eigenvalue weighted by molar-refractivity contribution is 5.77. The van der Waals surface area contributed by atoms with Gasteiger partial charge in [0.25, 0.3) is 5.69 Å². The second kappa shape index (κ2) is 5.78. The molecule has 1 heterocycles. The maximum Gasteiger partial charge on any atom is 0.287 e. The van der Waals surface area contributed by atoms with Crippen molar-refractivity contribution < 1.29 is 9.72 Å². The molecule has 0 aliphatic heterocycles. The fourth-order valence-corrected chi connectivity index (χ4v) is 1.12. The average Bonchev–Trinajstić information content (AvgIpc) is 2.26. The zero-order chi connectivity index (χ0) is 12.8. The van der Waals surface area contributed by atoms with E-state index in [1.54, 1.807) is 0 Å². The highest BCUT2D eigenvalue weighted by Crippen LogP contribution is 2.10. The van der Waals surface area contributed by atoms with Crippen LogP contribution in [0.25, 0.3) is 0 Å². The number of hydrogen-bond acceptors (Lipinski definition) is 5. The number of aromatic nitrogens is 1. The summed E-state index contributed by atoms with van der Waals surface area (Å²) in [5.74, 6) is 0.467. The monoisotopic (exact) mass is 238 g/mol. The van der Waals surface area contributed by atoms with Gasteiger partial charge in [0, 0.05) is 12.5 Å². The number of hydrazine groups is 1. The van der Waals surface area contributed by atoms with Gasteiger partial charge < -0.3 is 0 Å². The lowest BCUT2D eigenvalue weighted by molar-refractivity contribution is -0.385. The van der Waals surface area contributed by atoms with Gasteiger partial charge in [0.1, 0.15) is 12.0 Å². The van der Waals surface area contributed by atoms with Gasteiger partial charge in [0.15, 0.2) is 0 Å². The molecule has 1 rings (SSSR count). The summed E-state index contributed by atoms with van der Waals surface area (Å²) in [7, 11) is 0. The van der Waals surface area contributed by atoms with Crippen LogP contribution in [-0.4, -0.2) is 15.8 Å². The van der Waals surface area contributed by atoms with Gasteiger partial charge >= 0.3 is 0 Å². The van der Waals surface area contributed by atoms with Crippen molar-refractivity contribution in [2.75, 3.05) is 5.43 Å². The summed E-state index contributed by atoms with van der Waals surface area (Å²) in [5, 5.41) is 10.4. The van der Waals surface area contributed by atoms with Crippen LogP contribution in [0.3, 0.4) is 0 Å². The molecule has 2 N–H and O–H groups in total. The molecule has 0 atom stereocenters. The minimum absolute atomic E-state index is 0.0935. The van der Waals surface area contributed by atoms with Crippen LogP contribution in [0.1, 0.15) is 20.3 Å². The van der Waals surface area contributed by atoms with E-state index in [1.807, 2.05) is 13.8 Å². The molecule has 92 valence electrons. The third kappa shape index (κ3) is 4.45. The van der Waals surface area contributed by atoms with E-state index in [0.717, 1.165) is 6.20 Å². The van der Waals surface area contributed by atoms with Crippen molar-refractivity contribution in [2.24, 2.45) is 5.92 Å². The van der Waals surface area contributed by atoms with Crippen LogP contribution in [0.5, 0.6) is 0 Å². The second-order valence-electron chi connectivity index (χ2n) is 3.93. The van der Waals surface area contributed by atoms with Crippen LogP contribution in [0.2, 0.25) is 0 Å². The number of anilines is 1. The third-order valence-electron chi connectivity index (χ3n) is 1.88. The number of nitrogens with one attached hydrogen (secondary N) is 2. The summed E-state index contributed by atoms with van der Waals surface area (Å²) in [6.45, 7) is 3.87. The van der Waals surface area contributed by atoms with E-state index < -0.39 is 4.92 Å². The summed E-state index contributed by atoms with van der Waals surface area (Å²) in [4.78, 5) is 24.9. The van der Waals surface area contributed by atoms with Crippen molar-refractivity contribution in [1.29, 1.82) is 0 Å². The first-order chi connectivity index (χ1) is 7.99. The molecule has 0 unspecified atom stereocenters.